The van der Waals surface area contributed by atoms with Crippen molar-refractivity contribution in [3.63, 3.8) is 0 Å². The van der Waals surface area contributed by atoms with E-state index in [1.54, 1.807) is 6.20 Å². The molecule has 2 N–H and O–H groups in total. The maximum Gasteiger partial charge on any atom is 0.240 e. The molecule has 1 aliphatic rings. The van der Waals surface area contributed by atoms with Gasteiger partial charge in [0.25, 0.3) is 0 Å². The second-order valence-electron chi connectivity index (χ2n) is 6.84. The Morgan fingerprint density at radius 3 is 2.71 bits per heavy atom. The first-order valence-electron chi connectivity index (χ1n) is 8.75. The first-order chi connectivity index (χ1) is 13.5. The van der Waals surface area contributed by atoms with Crippen molar-refractivity contribution in [2.75, 3.05) is 0 Å². The second kappa shape index (κ2) is 6.12. The summed E-state index contributed by atoms with van der Waals surface area (Å²) in [5.74, 6) is 0.931. The first kappa shape index (κ1) is 16.9. The minimum atomic E-state index is -3.62. The lowest BCUT2D eigenvalue weighted by Crippen LogP contribution is -2.43. The van der Waals surface area contributed by atoms with Gasteiger partial charge in [0.05, 0.1) is 28.2 Å². The summed E-state index contributed by atoms with van der Waals surface area (Å²) in [5, 5.41) is 17.3. The van der Waals surface area contributed by atoms with Gasteiger partial charge in [-0.25, -0.2) is 18.1 Å². The third kappa shape index (κ3) is 2.64. The molecular weight excluding hydrogens is 378 g/mol. The zero-order chi connectivity index (χ0) is 19.3. The average Bonchev–Trinajstić information content (AvgIpc) is 3.30. The number of fused-ring (bicyclic) bond motifs is 3. The van der Waals surface area contributed by atoms with Gasteiger partial charge in [-0.05, 0) is 43.2 Å². The van der Waals surface area contributed by atoms with Crippen LogP contribution in [0.1, 0.15) is 30.1 Å². The lowest BCUT2D eigenvalue weighted by molar-refractivity contribution is 0.314. The Kier molecular flexibility index (Phi) is 3.68. The molecular formula is C18H15N7O2S. The zero-order valence-corrected chi connectivity index (χ0v) is 15.4. The Bertz CT molecular complexity index is 1330. The van der Waals surface area contributed by atoms with E-state index in [0.29, 0.717) is 24.1 Å². The van der Waals surface area contributed by atoms with E-state index in [4.69, 9.17) is 5.26 Å². The van der Waals surface area contributed by atoms with Crippen molar-refractivity contribution >= 4 is 26.8 Å². The van der Waals surface area contributed by atoms with E-state index in [0.717, 1.165) is 17.0 Å². The van der Waals surface area contributed by atoms with Crippen LogP contribution in [-0.4, -0.2) is 39.0 Å². The normalized spacial score (nSPS) is 19.5. The lowest BCUT2D eigenvalue weighted by atomic mass is 9.80. The highest BCUT2D eigenvalue weighted by Crippen LogP contribution is 2.37. The maximum atomic E-state index is 12.5. The van der Waals surface area contributed by atoms with Crippen LogP contribution in [0.15, 0.2) is 47.6 Å². The fourth-order valence-corrected chi connectivity index (χ4v) is 4.85. The van der Waals surface area contributed by atoms with Gasteiger partial charge in [-0.15, -0.1) is 10.2 Å². The van der Waals surface area contributed by atoms with Crippen LogP contribution in [0.2, 0.25) is 0 Å². The van der Waals surface area contributed by atoms with Gasteiger partial charge < -0.3 is 4.98 Å². The highest BCUT2D eigenvalue weighted by Gasteiger charge is 2.36. The first-order valence-corrected chi connectivity index (χ1v) is 10.2. The third-order valence-corrected chi connectivity index (χ3v) is 6.62. The zero-order valence-electron chi connectivity index (χ0n) is 14.6. The minimum absolute atomic E-state index is 0.115. The topological polar surface area (TPSA) is 129 Å². The molecule has 1 fully saturated rings. The van der Waals surface area contributed by atoms with Crippen molar-refractivity contribution in [3.8, 4) is 6.07 Å². The Balaban J connectivity index is 1.34. The second-order valence-corrected chi connectivity index (χ2v) is 8.56. The summed E-state index contributed by atoms with van der Waals surface area (Å²) in [6.07, 6.45) is 4.77. The molecule has 0 amide bonds. The van der Waals surface area contributed by atoms with Crippen molar-refractivity contribution < 1.29 is 8.42 Å². The molecule has 9 nitrogen and oxygen atoms in total. The number of hydrogen-bond donors (Lipinski definition) is 2. The summed E-state index contributed by atoms with van der Waals surface area (Å²) in [6.45, 7) is 0. The van der Waals surface area contributed by atoms with E-state index < -0.39 is 10.0 Å². The SMILES string of the molecule is N#Cc1ccc(S(=O)(=O)N[C@H]2C[C@@H](c3nnc4cnc5[nH]ccc5n43)C2)cc1. The van der Waals surface area contributed by atoms with E-state index in [-0.39, 0.29) is 16.9 Å². The fourth-order valence-electron chi connectivity index (χ4n) is 3.58. The molecule has 3 aromatic heterocycles. The lowest BCUT2D eigenvalue weighted by Gasteiger charge is -2.34. The molecule has 0 saturated heterocycles. The molecule has 0 unspecified atom stereocenters. The van der Waals surface area contributed by atoms with Gasteiger partial charge in [-0.2, -0.15) is 5.26 Å². The Morgan fingerprint density at radius 2 is 1.96 bits per heavy atom. The number of benzene rings is 1. The van der Waals surface area contributed by atoms with Crippen LogP contribution in [0.4, 0.5) is 0 Å². The van der Waals surface area contributed by atoms with Gasteiger partial charge in [0, 0.05) is 18.2 Å². The number of H-pyrrole nitrogens is 1. The molecule has 0 bridgehead atoms. The smallest absolute Gasteiger partial charge is 0.240 e. The van der Waals surface area contributed by atoms with E-state index in [2.05, 4.69) is 24.9 Å². The summed E-state index contributed by atoms with van der Waals surface area (Å²) in [7, 11) is -3.62. The molecule has 1 saturated carbocycles. The summed E-state index contributed by atoms with van der Waals surface area (Å²) in [4.78, 5) is 7.53. The van der Waals surface area contributed by atoms with Gasteiger partial charge in [-0.1, -0.05) is 0 Å². The molecule has 28 heavy (non-hydrogen) atoms. The third-order valence-electron chi connectivity index (χ3n) is 5.09. The van der Waals surface area contributed by atoms with Gasteiger partial charge in [0.1, 0.15) is 5.82 Å². The Hall–Kier alpha value is -3.29. The van der Waals surface area contributed by atoms with Crippen molar-refractivity contribution in [2.24, 2.45) is 0 Å². The number of rotatable bonds is 4. The molecule has 0 spiro atoms. The van der Waals surface area contributed by atoms with Crippen molar-refractivity contribution in [3.05, 3.63) is 54.1 Å². The van der Waals surface area contributed by atoms with E-state index in [9.17, 15) is 8.42 Å². The van der Waals surface area contributed by atoms with Crippen LogP contribution < -0.4 is 4.72 Å². The Morgan fingerprint density at radius 1 is 1.18 bits per heavy atom. The van der Waals surface area contributed by atoms with Gasteiger partial charge >= 0.3 is 0 Å². The molecule has 5 rings (SSSR count). The van der Waals surface area contributed by atoms with Crippen LogP contribution in [-0.2, 0) is 10.0 Å². The predicted molar refractivity (Wildman–Crippen MR) is 99.9 cm³/mol. The summed E-state index contributed by atoms with van der Waals surface area (Å²) in [6, 6.07) is 9.62. The molecule has 0 atom stereocenters. The molecule has 1 aromatic carbocycles. The van der Waals surface area contributed by atoms with Crippen LogP contribution in [0, 0.1) is 11.3 Å². The molecule has 1 aliphatic carbocycles. The van der Waals surface area contributed by atoms with Gasteiger partial charge in [0.15, 0.2) is 11.3 Å². The highest BCUT2D eigenvalue weighted by molar-refractivity contribution is 7.89. The van der Waals surface area contributed by atoms with Crippen LogP contribution in [0.25, 0.3) is 16.8 Å². The number of nitriles is 1. The van der Waals surface area contributed by atoms with Gasteiger partial charge in [-0.3, -0.25) is 4.40 Å². The largest absolute Gasteiger partial charge is 0.345 e. The quantitative estimate of drug-likeness (QED) is 0.543. The Labute approximate surface area is 160 Å². The summed E-state index contributed by atoms with van der Waals surface area (Å²) < 4.78 is 29.8. The molecule has 3 heterocycles. The standard InChI is InChI=1S/C18H15N7O2S/c19-9-11-1-3-14(4-2-11)28(26,27)24-13-7-12(8-13)18-23-22-16-10-21-17-15(25(16)18)5-6-20-17/h1-6,10,12-13,20,24H,7-8H2/t12-,13+. The molecule has 4 aromatic rings. The maximum absolute atomic E-state index is 12.5. The number of aromatic amines is 1. The van der Waals surface area contributed by atoms with Crippen molar-refractivity contribution in [2.45, 2.75) is 29.7 Å². The molecule has 10 heteroatoms. The van der Waals surface area contributed by atoms with Crippen molar-refractivity contribution in [1.82, 2.24) is 29.3 Å². The minimum Gasteiger partial charge on any atom is -0.345 e. The number of sulfonamides is 1. The summed E-state index contributed by atoms with van der Waals surface area (Å²) >= 11 is 0. The number of hydrogen-bond acceptors (Lipinski definition) is 6. The molecule has 140 valence electrons. The molecule has 0 radical (unpaired) electrons. The predicted octanol–water partition coefficient (Wildman–Crippen LogP) is 1.70. The van der Waals surface area contributed by atoms with Crippen molar-refractivity contribution in [1.29, 1.82) is 5.26 Å². The van der Waals surface area contributed by atoms with E-state index >= 15 is 0 Å². The summed E-state index contributed by atoms with van der Waals surface area (Å²) in [5.41, 5.74) is 2.75. The number of nitrogens with one attached hydrogen (secondary N) is 2. The van der Waals surface area contributed by atoms with Crippen LogP contribution in [0.3, 0.4) is 0 Å². The van der Waals surface area contributed by atoms with E-state index in [1.165, 1.54) is 24.3 Å². The van der Waals surface area contributed by atoms with Crippen LogP contribution in [0.5, 0.6) is 0 Å². The fraction of sp³-hybridized carbons (Fsp3) is 0.222. The molecule has 0 aliphatic heterocycles. The van der Waals surface area contributed by atoms with Crippen LogP contribution >= 0.6 is 0 Å². The van der Waals surface area contributed by atoms with Gasteiger partial charge in [0.2, 0.25) is 10.0 Å². The van der Waals surface area contributed by atoms with E-state index in [1.807, 2.05) is 22.7 Å². The number of aromatic nitrogens is 5. The monoisotopic (exact) mass is 393 g/mol. The number of nitrogens with zero attached hydrogens (tertiary/aromatic N) is 5. The highest BCUT2D eigenvalue weighted by atomic mass is 32.2. The average molecular weight is 393 g/mol.